The highest BCUT2D eigenvalue weighted by Gasteiger charge is 2.31. The molecule has 0 saturated carbocycles. The van der Waals surface area contributed by atoms with Crippen LogP contribution in [0.4, 0.5) is 0 Å². The Morgan fingerprint density at radius 1 is 1.24 bits per heavy atom. The van der Waals surface area contributed by atoms with E-state index in [4.69, 9.17) is 0 Å². The molecule has 1 aromatic carbocycles. The minimum absolute atomic E-state index is 0. The molecule has 1 aliphatic rings. The zero-order chi connectivity index (χ0) is 18.0. The van der Waals surface area contributed by atoms with Crippen molar-refractivity contribution < 1.29 is 11.0 Å². The number of unbranched alkanes of at least 4 members (excludes halogenated alkanes) is 2. The van der Waals surface area contributed by atoms with E-state index in [2.05, 4.69) is 21.2 Å². The Morgan fingerprint density at radius 2 is 2.04 bits per heavy atom. The fourth-order valence-electron chi connectivity index (χ4n) is 3.54. The van der Waals surface area contributed by atoms with Crippen LogP contribution in [0.2, 0.25) is 0 Å². The number of hydrogen-bond donors (Lipinski definition) is 1. The number of aryl methyl sites for hydroxylation is 2. The summed E-state index contributed by atoms with van der Waals surface area (Å²) >= 11 is 3.44. The van der Waals surface area contributed by atoms with E-state index in [-0.39, 0.29) is 19.4 Å². The lowest BCUT2D eigenvalue weighted by Gasteiger charge is -2.21. The number of carbonyl (C=O) groups excluding carboxylic acids is 2. The molecule has 2 amide bonds. The van der Waals surface area contributed by atoms with Crippen molar-refractivity contribution in [3.63, 3.8) is 0 Å². The summed E-state index contributed by atoms with van der Waals surface area (Å²) < 4.78 is 3.16. The van der Waals surface area contributed by atoms with Gasteiger partial charge in [-0.25, -0.2) is 4.79 Å². The molecule has 2 heterocycles. The number of imide groups is 1. The van der Waals surface area contributed by atoms with Crippen LogP contribution in [0.25, 0.3) is 11.0 Å². The number of amides is 2. The van der Waals surface area contributed by atoms with E-state index in [0.717, 1.165) is 47.6 Å². The third-order valence-electron chi connectivity index (χ3n) is 4.79. The van der Waals surface area contributed by atoms with Crippen molar-refractivity contribution in [1.82, 2.24) is 14.5 Å². The molecular formula is C18H24BrN3O3. The normalized spacial score (nSPS) is 17.9. The molecule has 136 valence electrons. The molecule has 1 aliphatic heterocycles. The van der Waals surface area contributed by atoms with Crippen LogP contribution in [0.15, 0.2) is 23.0 Å². The molecule has 1 aromatic heterocycles. The molecule has 7 heteroatoms. The summed E-state index contributed by atoms with van der Waals surface area (Å²) in [7, 11) is 1.75. The van der Waals surface area contributed by atoms with Crippen molar-refractivity contribution in [3.05, 3.63) is 34.2 Å². The Balaban J connectivity index is 0.00000243. The summed E-state index contributed by atoms with van der Waals surface area (Å²) in [6.07, 6.45) is 4.83. The molecule has 1 saturated heterocycles. The number of carbonyl (C=O) groups is 2. The number of alkyl halides is 1. The van der Waals surface area contributed by atoms with Crippen molar-refractivity contribution in [2.24, 2.45) is 7.05 Å². The number of halogens is 1. The summed E-state index contributed by atoms with van der Waals surface area (Å²) in [4.78, 5) is 36.4. The average molecular weight is 410 g/mol. The first kappa shape index (κ1) is 17.9. The van der Waals surface area contributed by atoms with Gasteiger partial charge in [-0.15, -0.1) is 0 Å². The van der Waals surface area contributed by atoms with Crippen molar-refractivity contribution in [1.29, 1.82) is 0 Å². The van der Waals surface area contributed by atoms with E-state index < -0.39 is 11.9 Å². The smallest absolute Gasteiger partial charge is 0.295 e. The molecule has 3 rings (SSSR count). The Hall–Kier alpha value is -1.89. The lowest BCUT2D eigenvalue weighted by molar-refractivity contribution is -0.135. The molecule has 1 N–H and O–H groups in total. The van der Waals surface area contributed by atoms with Gasteiger partial charge in [-0.05, 0) is 37.3 Å². The van der Waals surface area contributed by atoms with Crippen molar-refractivity contribution in [3.8, 4) is 0 Å². The van der Waals surface area contributed by atoms with Crippen LogP contribution in [0.3, 0.4) is 0 Å². The number of rotatable bonds is 6. The minimum atomic E-state index is -0.627. The monoisotopic (exact) mass is 409 g/mol. The van der Waals surface area contributed by atoms with E-state index in [9.17, 15) is 14.4 Å². The number of benzene rings is 1. The van der Waals surface area contributed by atoms with E-state index in [1.807, 2.05) is 18.2 Å². The van der Waals surface area contributed by atoms with Crippen molar-refractivity contribution >= 4 is 38.8 Å². The van der Waals surface area contributed by atoms with Gasteiger partial charge in [0.1, 0.15) is 6.04 Å². The fourth-order valence-corrected chi connectivity index (χ4v) is 3.93. The maximum atomic E-state index is 12.8. The predicted octanol–water partition coefficient (Wildman–Crippen LogP) is 2.67. The van der Waals surface area contributed by atoms with Crippen LogP contribution < -0.4 is 11.0 Å². The van der Waals surface area contributed by atoms with Gasteiger partial charge in [-0.1, -0.05) is 34.5 Å². The van der Waals surface area contributed by atoms with Gasteiger partial charge >= 0.3 is 5.69 Å². The number of piperidine rings is 1. The number of nitrogens with one attached hydrogen (secondary N) is 1. The van der Waals surface area contributed by atoms with Crippen LogP contribution in [0.1, 0.15) is 45.1 Å². The van der Waals surface area contributed by atoms with Gasteiger partial charge in [0.25, 0.3) is 0 Å². The first-order chi connectivity index (χ1) is 12.0. The number of para-hydroxylation sites is 1. The zero-order valence-electron chi connectivity index (χ0n) is 14.3. The zero-order valence-corrected chi connectivity index (χ0v) is 15.8. The van der Waals surface area contributed by atoms with Gasteiger partial charge < -0.3 is 0 Å². The van der Waals surface area contributed by atoms with Crippen LogP contribution in [0, 0.1) is 0 Å². The summed E-state index contributed by atoms with van der Waals surface area (Å²) in [5.41, 5.74) is 2.56. The third-order valence-corrected chi connectivity index (χ3v) is 5.35. The predicted molar refractivity (Wildman–Crippen MR) is 102 cm³/mol. The Bertz CT molecular complexity index is 874. The lowest BCUT2D eigenvalue weighted by Crippen LogP contribution is -2.44. The third kappa shape index (κ3) is 3.42. The summed E-state index contributed by atoms with van der Waals surface area (Å²) in [5.74, 6) is -0.671. The maximum absolute atomic E-state index is 12.8. The molecule has 1 fully saturated rings. The molecule has 25 heavy (non-hydrogen) atoms. The number of imidazole rings is 1. The lowest BCUT2D eigenvalue weighted by atomic mass is 10.0. The quantitative estimate of drug-likeness (QED) is 0.452. The highest BCUT2D eigenvalue weighted by atomic mass is 79.9. The molecule has 0 bridgehead atoms. The Kier molecular flexibility index (Phi) is 5.42. The van der Waals surface area contributed by atoms with Crippen molar-refractivity contribution in [2.75, 3.05) is 5.33 Å². The van der Waals surface area contributed by atoms with Crippen LogP contribution in [-0.4, -0.2) is 26.3 Å². The van der Waals surface area contributed by atoms with Crippen LogP contribution in [-0.2, 0) is 23.1 Å². The van der Waals surface area contributed by atoms with E-state index in [1.165, 1.54) is 0 Å². The second kappa shape index (κ2) is 7.56. The average Bonchev–Trinajstić information content (AvgIpc) is 2.84. The summed E-state index contributed by atoms with van der Waals surface area (Å²) in [6, 6.07) is 5.23. The molecular weight excluding hydrogens is 386 g/mol. The highest BCUT2D eigenvalue weighted by Crippen LogP contribution is 2.25. The van der Waals surface area contributed by atoms with Crippen LogP contribution >= 0.6 is 15.9 Å². The number of nitrogens with zero attached hydrogens (tertiary/aromatic N) is 2. The number of hydrogen-bond acceptors (Lipinski definition) is 3. The molecule has 0 aliphatic carbocycles. The maximum Gasteiger partial charge on any atom is 0.329 e. The van der Waals surface area contributed by atoms with Gasteiger partial charge in [0.2, 0.25) is 11.8 Å². The van der Waals surface area contributed by atoms with Gasteiger partial charge in [-0.2, -0.15) is 0 Å². The van der Waals surface area contributed by atoms with Crippen molar-refractivity contribution in [2.45, 2.75) is 44.6 Å². The second-order valence-electron chi connectivity index (χ2n) is 6.46. The van der Waals surface area contributed by atoms with E-state index >= 15 is 0 Å². The van der Waals surface area contributed by atoms with Gasteiger partial charge in [-0.3, -0.25) is 24.0 Å². The van der Waals surface area contributed by atoms with Crippen LogP contribution in [0.5, 0.6) is 0 Å². The fraction of sp³-hybridized carbons (Fsp3) is 0.500. The van der Waals surface area contributed by atoms with Gasteiger partial charge in [0.15, 0.2) is 0 Å². The minimum Gasteiger partial charge on any atom is -0.295 e. The van der Waals surface area contributed by atoms with E-state index in [1.54, 1.807) is 16.2 Å². The first-order valence-electron chi connectivity index (χ1n) is 8.63. The van der Waals surface area contributed by atoms with E-state index in [0.29, 0.717) is 6.42 Å². The Labute approximate surface area is 155 Å². The SMILES string of the molecule is Cn1c(=O)n(C2CCC(=O)NC2=O)c2cccc(CCCCCBr)c21.[HH]. The topological polar surface area (TPSA) is 73.1 Å². The Morgan fingerprint density at radius 3 is 2.76 bits per heavy atom. The molecule has 0 spiro atoms. The number of fused-ring (bicyclic) bond motifs is 1. The summed E-state index contributed by atoms with van der Waals surface area (Å²) in [5, 5.41) is 3.34. The second-order valence-corrected chi connectivity index (χ2v) is 7.26. The highest BCUT2D eigenvalue weighted by molar-refractivity contribution is 9.09. The molecule has 6 nitrogen and oxygen atoms in total. The largest absolute Gasteiger partial charge is 0.329 e. The number of aromatic nitrogens is 2. The molecule has 0 radical (unpaired) electrons. The first-order valence-corrected chi connectivity index (χ1v) is 9.75. The molecule has 2 aromatic rings. The molecule has 1 atom stereocenters. The van der Waals surface area contributed by atoms with Gasteiger partial charge in [0, 0.05) is 20.2 Å². The van der Waals surface area contributed by atoms with Gasteiger partial charge in [0.05, 0.1) is 11.0 Å². The summed E-state index contributed by atoms with van der Waals surface area (Å²) in [6.45, 7) is 0. The molecule has 1 unspecified atom stereocenters. The standard InChI is InChI=1S/C18H22BrN3O3.H2/c1-21-16-12(6-3-2-4-11-19)7-5-8-13(16)22(18(21)25)14-9-10-15(23)20-17(14)24;/h5,7-8,14H,2-4,6,9-11H2,1H3,(H,20,23,24);1H.